The van der Waals surface area contributed by atoms with Crippen LogP contribution in [0, 0.1) is 10.8 Å². The SMILES string of the molecule is COCCC1(CNC(=O)C2(C(N)=NO)CCC2)CC1. The number of amides is 1. The third kappa shape index (κ3) is 2.68. The Morgan fingerprint density at radius 2 is 2.11 bits per heavy atom. The number of carbonyl (C=O) groups excluding carboxylic acids is 1. The standard InChI is InChI=1S/C13H23N3O3/c1-19-8-7-12(5-6-12)9-15-11(17)13(3-2-4-13)10(14)16-18/h18H,2-9H2,1H3,(H2,14,16)(H,15,17). The lowest BCUT2D eigenvalue weighted by Crippen LogP contribution is -2.54. The average Bonchev–Trinajstić information content (AvgIpc) is 3.13. The molecular formula is C13H23N3O3. The van der Waals surface area contributed by atoms with Gasteiger partial charge in [0.2, 0.25) is 5.91 Å². The summed E-state index contributed by atoms with van der Waals surface area (Å²) in [4.78, 5) is 12.3. The summed E-state index contributed by atoms with van der Waals surface area (Å²) >= 11 is 0. The number of ether oxygens (including phenoxy) is 1. The van der Waals surface area contributed by atoms with Crippen LogP contribution in [0.4, 0.5) is 0 Å². The van der Waals surface area contributed by atoms with E-state index in [1.807, 2.05) is 0 Å². The number of oxime groups is 1. The maximum atomic E-state index is 12.3. The Morgan fingerprint density at radius 3 is 2.53 bits per heavy atom. The highest BCUT2D eigenvalue weighted by atomic mass is 16.5. The molecule has 0 unspecified atom stereocenters. The quantitative estimate of drug-likeness (QED) is 0.276. The minimum absolute atomic E-state index is 0.0398. The number of amidine groups is 1. The largest absolute Gasteiger partial charge is 0.409 e. The van der Waals surface area contributed by atoms with E-state index >= 15 is 0 Å². The monoisotopic (exact) mass is 269 g/mol. The zero-order valence-electron chi connectivity index (χ0n) is 11.4. The normalized spacial score (nSPS) is 23.5. The first kappa shape index (κ1) is 14.1. The topological polar surface area (TPSA) is 96.9 Å². The van der Waals surface area contributed by atoms with Crippen LogP contribution in [-0.2, 0) is 9.53 Å². The minimum Gasteiger partial charge on any atom is -0.409 e. The molecule has 0 saturated heterocycles. The van der Waals surface area contributed by atoms with Gasteiger partial charge in [-0.3, -0.25) is 4.79 Å². The van der Waals surface area contributed by atoms with E-state index < -0.39 is 5.41 Å². The van der Waals surface area contributed by atoms with Gasteiger partial charge in [0.15, 0.2) is 5.84 Å². The molecule has 6 heteroatoms. The molecule has 0 heterocycles. The van der Waals surface area contributed by atoms with Crippen molar-refractivity contribution < 1.29 is 14.7 Å². The molecule has 0 aliphatic heterocycles. The summed E-state index contributed by atoms with van der Waals surface area (Å²) in [6.07, 6.45) is 5.51. The van der Waals surface area contributed by atoms with Gasteiger partial charge in [-0.05, 0) is 37.5 Å². The van der Waals surface area contributed by atoms with Gasteiger partial charge in [0.05, 0.1) is 0 Å². The molecule has 2 saturated carbocycles. The van der Waals surface area contributed by atoms with Gasteiger partial charge in [0.25, 0.3) is 0 Å². The van der Waals surface area contributed by atoms with Crippen LogP contribution < -0.4 is 11.1 Å². The van der Waals surface area contributed by atoms with Crippen molar-refractivity contribution in [1.29, 1.82) is 0 Å². The zero-order chi connectivity index (χ0) is 13.9. The number of nitrogens with one attached hydrogen (secondary N) is 1. The van der Waals surface area contributed by atoms with E-state index in [1.165, 1.54) is 0 Å². The van der Waals surface area contributed by atoms with E-state index in [4.69, 9.17) is 15.7 Å². The summed E-state index contributed by atoms with van der Waals surface area (Å²) in [5.74, 6) is -0.0595. The predicted molar refractivity (Wildman–Crippen MR) is 70.9 cm³/mol. The lowest BCUT2D eigenvalue weighted by molar-refractivity contribution is -0.131. The van der Waals surface area contributed by atoms with Gasteiger partial charge in [-0.15, -0.1) is 0 Å². The summed E-state index contributed by atoms with van der Waals surface area (Å²) in [6.45, 7) is 1.39. The number of rotatable bonds is 7. The van der Waals surface area contributed by atoms with Crippen LogP contribution in [0.5, 0.6) is 0 Å². The fourth-order valence-electron chi connectivity index (χ4n) is 2.67. The highest BCUT2D eigenvalue weighted by Gasteiger charge is 2.50. The minimum atomic E-state index is -0.772. The number of nitrogens with zero attached hydrogens (tertiary/aromatic N) is 1. The second-order valence-electron chi connectivity index (χ2n) is 5.85. The van der Waals surface area contributed by atoms with Crippen molar-refractivity contribution in [3.63, 3.8) is 0 Å². The molecule has 108 valence electrons. The third-order valence-corrected chi connectivity index (χ3v) is 4.66. The summed E-state index contributed by atoms with van der Waals surface area (Å²) in [7, 11) is 1.69. The Hall–Kier alpha value is -1.30. The van der Waals surface area contributed by atoms with Gasteiger partial charge >= 0.3 is 0 Å². The van der Waals surface area contributed by atoms with Gasteiger partial charge in [-0.2, -0.15) is 0 Å². The molecule has 0 atom stereocenters. The van der Waals surface area contributed by atoms with Crippen LogP contribution in [0.1, 0.15) is 38.5 Å². The molecule has 2 aliphatic rings. The molecule has 0 bridgehead atoms. The smallest absolute Gasteiger partial charge is 0.233 e. The fraction of sp³-hybridized carbons (Fsp3) is 0.846. The van der Waals surface area contributed by atoms with Gasteiger partial charge in [-0.25, -0.2) is 0 Å². The fourth-order valence-corrected chi connectivity index (χ4v) is 2.67. The second kappa shape index (κ2) is 5.36. The molecule has 2 rings (SSSR count). The molecule has 2 fully saturated rings. The zero-order valence-corrected chi connectivity index (χ0v) is 11.4. The van der Waals surface area contributed by atoms with Gasteiger partial charge in [0, 0.05) is 20.3 Å². The molecule has 4 N–H and O–H groups in total. The lowest BCUT2D eigenvalue weighted by atomic mass is 9.67. The van der Waals surface area contributed by atoms with Gasteiger partial charge < -0.3 is 21.0 Å². The van der Waals surface area contributed by atoms with Crippen molar-refractivity contribution in [2.24, 2.45) is 21.7 Å². The van der Waals surface area contributed by atoms with Gasteiger partial charge in [-0.1, -0.05) is 11.6 Å². The number of methoxy groups -OCH3 is 1. The van der Waals surface area contributed by atoms with Crippen LogP contribution in [-0.4, -0.2) is 37.2 Å². The summed E-state index contributed by atoms with van der Waals surface area (Å²) in [5, 5.41) is 14.8. The molecule has 0 aromatic carbocycles. The molecule has 0 radical (unpaired) electrons. The molecule has 2 aliphatic carbocycles. The van der Waals surface area contributed by atoms with Gasteiger partial charge in [0.1, 0.15) is 5.41 Å². The molecular weight excluding hydrogens is 246 g/mol. The van der Waals surface area contributed by atoms with Crippen molar-refractivity contribution in [2.75, 3.05) is 20.3 Å². The number of carbonyl (C=O) groups is 1. The predicted octanol–water partition coefficient (Wildman–Crippen LogP) is 0.836. The van der Waals surface area contributed by atoms with Crippen molar-refractivity contribution in [3.05, 3.63) is 0 Å². The summed E-state index contributed by atoms with van der Waals surface area (Å²) in [5.41, 5.74) is 5.11. The third-order valence-electron chi connectivity index (χ3n) is 4.66. The van der Waals surface area contributed by atoms with Crippen molar-refractivity contribution in [3.8, 4) is 0 Å². The van der Waals surface area contributed by atoms with E-state index in [-0.39, 0.29) is 17.2 Å². The molecule has 0 aromatic heterocycles. The number of hydrogen-bond donors (Lipinski definition) is 3. The highest BCUT2D eigenvalue weighted by molar-refractivity contribution is 6.07. The molecule has 1 amide bonds. The van der Waals surface area contributed by atoms with E-state index in [0.29, 0.717) is 19.4 Å². The van der Waals surface area contributed by atoms with E-state index in [0.717, 1.165) is 32.3 Å². The maximum absolute atomic E-state index is 12.3. The van der Waals surface area contributed by atoms with Crippen LogP contribution >= 0.6 is 0 Å². The van der Waals surface area contributed by atoms with E-state index in [2.05, 4.69) is 10.5 Å². The lowest BCUT2D eigenvalue weighted by Gasteiger charge is -2.39. The Balaban J connectivity index is 1.87. The summed E-state index contributed by atoms with van der Waals surface area (Å²) < 4.78 is 5.09. The molecule has 0 aromatic rings. The highest BCUT2D eigenvalue weighted by Crippen LogP contribution is 2.48. The second-order valence-corrected chi connectivity index (χ2v) is 5.85. The Kier molecular flexibility index (Phi) is 3.99. The molecule has 0 spiro atoms. The van der Waals surface area contributed by atoms with Crippen LogP contribution in [0.2, 0.25) is 0 Å². The Labute approximate surface area is 113 Å². The van der Waals surface area contributed by atoms with Crippen molar-refractivity contribution in [2.45, 2.75) is 38.5 Å². The Bertz CT molecular complexity index is 373. The first-order chi connectivity index (χ1) is 9.08. The van der Waals surface area contributed by atoms with E-state index in [9.17, 15) is 4.79 Å². The first-order valence-corrected chi connectivity index (χ1v) is 6.84. The van der Waals surface area contributed by atoms with E-state index in [1.54, 1.807) is 7.11 Å². The van der Waals surface area contributed by atoms with Crippen LogP contribution in [0.15, 0.2) is 5.16 Å². The average molecular weight is 269 g/mol. The van der Waals surface area contributed by atoms with Crippen LogP contribution in [0.3, 0.4) is 0 Å². The number of nitrogens with two attached hydrogens (primary N) is 1. The maximum Gasteiger partial charge on any atom is 0.233 e. The molecule has 19 heavy (non-hydrogen) atoms. The van der Waals surface area contributed by atoms with Crippen LogP contribution in [0.25, 0.3) is 0 Å². The Morgan fingerprint density at radius 1 is 1.42 bits per heavy atom. The first-order valence-electron chi connectivity index (χ1n) is 6.84. The summed E-state index contributed by atoms with van der Waals surface area (Å²) in [6, 6.07) is 0. The molecule has 6 nitrogen and oxygen atoms in total. The van der Waals surface area contributed by atoms with Crippen molar-refractivity contribution >= 4 is 11.7 Å². The number of hydrogen-bond acceptors (Lipinski definition) is 4. The van der Waals surface area contributed by atoms with Crippen molar-refractivity contribution in [1.82, 2.24) is 5.32 Å².